The molecule has 0 aliphatic rings. The lowest BCUT2D eigenvalue weighted by molar-refractivity contribution is -0.109. The number of hydrogen-bond acceptors (Lipinski definition) is 4. The van der Waals surface area contributed by atoms with E-state index in [-0.39, 0.29) is 10.9 Å². The van der Waals surface area contributed by atoms with Crippen molar-refractivity contribution in [2.45, 2.75) is 6.92 Å². The van der Waals surface area contributed by atoms with E-state index in [1.807, 2.05) is 0 Å². The molecule has 1 rings (SSSR count). The minimum absolute atomic E-state index is 0.0444. The maximum absolute atomic E-state index is 10.6. The van der Waals surface area contributed by atoms with E-state index >= 15 is 0 Å². The molecule has 3 N–H and O–H groups in total. The third-order valence-corrected chi connectivity index (χ3v) is 2.30. The molecule has 0 amide bonds. The van der Waals surface area contributed by atoms with Crippen molar-refractivity contribution in [2.24, 2.45) is 0 Å². The van der Waals surface area contributed by atoms with Crippen LogP contribution in [0.25, 0.3) is 0 Å². The maximum atomic E-state index is 10.6. The van der Waals surface area contributed by atoms with Gasteiger partial charge in [0.15, 0.2) is 5.12 Å². The molecule has 0 saturated carbocycles. The zero-order valence-corrected chi connectivity index (χ0v) is 9.10. The number of carbonyl (C=O) groups excluding carboxylic acids is 1. The Morgan fingerprint density at radius 1 is 1.60 bits per heavy atom. The summed E-state index contributed by atoms with van der Waals surface area (Å²) in [5, 5.41) is 9.15. The van der Waals surface area contributed by atoms with E-state index in [2.05, 4.69) is 11.8 Å². The van der Waals surface area contributed by atoms with Gasteiger partial charge in [-0.05, 0) is 12.1 Å². The Balaban J connectivity index is 2.67. The van der Waals surface area contributed by atoms with E-state index in [1.54, 1.807) is 6.07 Å². The van der Waals surface area contributed by atoms with Crippen LogP contribution < -0.4 is 5.73 Å². The van der Waals surface area contributed by atoms with Gasteiger partial charge in [0.25, 0.3) is 0 Å². The van der Waals surface area contributed by atoms with Crippen LogP contribution in [0.5, 0.6) is 5.75 Å². The smallest absolute Gasteiger partial charge is 0.186 e. The van der Waals surface area contributed by atoms with Crippen molar-refractivity contribution in [3.05, 3.63) is 23.8 Å². The first-order valence-corrected chi connectivity index (χ1v) is 5.29. The molecule has 78 valence electrons. The second-order valence-electron chi connectivity index (χ2n) is 2.85. The van der Waals surface area contributed by atoms with Crippen LogP contribution in [-0.4, -0.2) is 16.0 Å². The van der Waals surface area contributed by atoms with Gasteiger partial charge < -0.3 is 10.8 Å². The number of thioether (sulfide) groups is 1. The van der Waals surface area contributed by atoms with Gasteiger partial charge in [-0.1, -0.05) is 23.6 Å². The molecular formula is C11H11NO2S. The lowest BCUT2D eigenvalue weighted by Crippen LogP contribution is -1.89. The first kappa shape index (κ1) is 11.5. The second-order valence-corrected chi connectivity index (χ2v) is 4.01. The zero-order valence-electron chi connectivity index (χ0n) is 8.28. The fraction of sp³-hybridized carbons (Fsp3) is 0.182. The van der Waals surface area contributed by atoms with Gasteiger partial charge in [0.1, 0.15) is 5.75 Å². The molecule has 0 aliphatic heterocycles. The van der Waals surface area contributed by atoms with Crippen LogP contribution in [0.15, 0.2) is 18.2 Å². The number of benzene rings is 1. The lowest BCUT2D eigenvalue weighted by Gasteiger charge is -1.97. The van der Waals surface area contributed by atoms with E-state index in [9.17, 15) is 4.79 Å². The van der Waals surface area contributed by atoms with Crippen LogP contribution in [0.4, 0.5) is 5.69 Å². The Kier molecular flexibility index (Phi) is 4.07. The van der Waals surface area contributed by atoms with E-state index in [0.717, 1.165) is 11.8 Å². The monoisotopic (exact) mass is 221 g/mol. The predicted octanol–water partition coefficient (Wildman–Crippen LogP) is 1.61. The molecule has 0 bridgehead atoms. The molecule has 0 unspecified atom stereocenters. The number of phenolic OH excluding ortho intramolecular Hbond substituents is 1. The SMILES string of the molecule is CC(=O)SCC#Cc1ccc(O)cc1N. The molecule has 0 atom stereocenters. The van der Waals surface area contributed by atoms with Gasteiger partial charge >= 0.3 is 0 Å². The predicted molar refractivity (Wildman–Crippen MR) is 62.5 cm³/mol. The largest absolute Gasteiger partial charge is 0.508 e. The van der Waals surface area contributed by atoms with Crippen molar-refractivity contribution in [1.82, 2.24) is 0 Å². The number of aromatic hydroxyl groups is 1. The number of phenols is 1. The summed E-state index contributed by atoms with van der Waals surface area (Å²) in [6.07, 6.45) is 0. The molecule has 15 heavy (non-hydrogen) atoms. The van der Waals surface area contributed by atoms with Gasteiger partial charge in [0, 0.05) is 18.6 Å². The Morgan fingerprint density at radius 3 is 2.93 bits per heavy atom. The topological polar surface area (TPSA) is 63.3 Å². The van der Waals surface area contributed by atoms with Gasteiger partial charge in [-0.15, -0.1) is 0 Å². The minimum atomic E-state index is 0.0444. The highest BCUT2D eigenvalue weighted by Crippen LogP contribution is 2.17. The van der Waals surface area contributed by atoms with E-state index in [0.29, 0.717) is 17.0 Å². The highest BCUT2D eigenvalue weighted by Gasteiger charge is 1.96. The Hall–Kier alpha value is -1.60. The van der Waals surface area contributed by atoms with Crippen LogP contribution >= 0.6 is 11.8 Å². The molecule has 1 aromatic carbocycles. The normalized spacial score (nSPS) is 9.13. The van der Waals surface area contributed by atoms with Crippen molar-refractivity contribution < 1.29 is 9.90 Å². The van der Waals surface area contributed by atoms with Crippen molar-refractivity contribution in [3.63, 3.8) is 0 Å². The number of nitrogen functional groups attached to an aromatic ring is 1. The highest BCUT2D eigenvalue weighted by atomic mass is 32.2. The van der Waals surface area contributed by atoms with Crippen molar-refractivity contribution in [3.8, 4) is 17.6 Å². The number of carbonyl (C=O) groups is 1. The molecule has 0 aliphatic carbocycles. The van der Waals surface area contributed by atoms with E-state index in [4.69, 9.17) is 10.8 Å². The van der Waals surface area contributed by atoms with Crippen LogP contribution in [0, 0.1) is 11.8 Å². The fourth-order valence-corrected chi connectivity index (χ4v) is 1.28. The highest BCUT2D eigenvalue weighted by molar-refractivity contribution is 8.13. The van der Waals surface area contributed by atoms with Crippen LogP contribution in [-0.2, 0) is 4.79 Å². The van der Waals surface area contributed by atoms with Gasteiger partial charge in [-0.3, -0.25) is 4.79 Å². The minimum Gasteiger partial charge on any atom is -0.508 e. The quantitative estimate of drug-likeness (QED) is 0.558. The number of anilines is 1. The van der Waals surface area contributed by atoms with Gasteiger partial charge in [-0.2, -0.15) is 0 Å². The standard InChI is InChI=1S/C11H11NO2S/c1-8(13)15-6-2-3-9-4-5-10(14)7-11(9)12/h4-5,7,14H,6,12H2,1H3. The first-order valence-electron chi connectivity index (χ1n) is 4.30. The molecule has 0 heterocycles. The van der Waals surface area contributed by atoms with E-state index in [1.165, 1.54) is 19.1 Å². The summed E-state index contributed by atoms with van der Waals surface area (Å²) in [4.78, 5) is 10.6. The summed E-state index contributed by atoms with van der Waals surface area (Å²) in [6, 6.07) is 4.62. The summed E-state index contributed by atoms with van der Waals surface area (Å²) in [5.74, 6) is 6.24. The lowest BCUT2D eigenvalue weighted by atomic mass is 10.2. The molecule has 0 spiro atoms. The Morgan fingerprint density at radius 2 is 2.33 bits per heavy atom. The maximum Gasteiger partial charge on any atom is 0.186 e. The summed E-state index contributed by atoms with van der Waals surface area (Å²) in [7, 11) is 0. The Labute approximate surface area is 92.7 Å². The molecule has 0 saturated heterocycles. The van der Waals surface area contributed by atoms with Crippen LogP contribution in [0.1, 0.15) is 12.5 Å². The summed E-state index contributed by atoms with van der Waals surface area (Å²) in [6.45, 7) is 1.50. The average Bonchev–Trinajstić information content (AvgIpc) is 2.14. The molecule has 0 aromatic heterocycles. The third kappa shape index (κ3) is 3.96. The summed E-state index contributed by atoms with van der Waals surface area (Å²) < 4.78 is 0. The van der Waals surface area contributed by atoms with E-state index < -0.39 is 0 Å². The summed E-state index contributed by atoms with van der Waals surface area (Å²) in [5.41, 5.74) is 6.73. The number of hydrogen-bond donors (Lipinski definition) is 2. The van der Waals surface area contributed by atoms with Gasteiger partial charge in [0.2, 0.25) is 0 Å². The molecular weight excluding hydrogens is 210 g/mol. The fourth-order valence-electron chi connectivity index (χ4n) is 0.933. The van der Waals surface area contributed by atoms with Crippen molar-refractivity contribution in [1.29, 1.82) is 0 Å². The van der Waals surface area contributed by atoms with Crippen LogP contribution in [0.3, 0.4) is 0 Å². The van der Waals surface area contributed by atoms with Crippen molar-refractivity contribution >= 4 is 22.6 Å². The summed E-state index contributed by atoms with van der Waals surface area (Å²) >= 11 is 1.16. The number of rotatable bonds is 1. The van der Waals surface area contributed by atoms with Gasteiger partial charge in [-0.25, -0.2) is 0 Å². The average molecular weight is 221 g/mol. The van der Waals surface area contributed by atoms with Crippen molar-refractivity contribution in [2.75, 3.05) is 11.5 Å². The number of nitrogens with two attached hydrogens (primary N) is 1. The molecule has 4 heteroatoms. The molecule has 0 radical (unpaired) electrons. The van der Waals surface area contributed by atoms with Gasteiger partial charge in [0.05, 0.1) is 11.4 Å². The van der Waals surface area contributed by atoms with Crippen LogP contribution in [0.2, 0.25) is 0 Å². The molecule has 0 fully saturated rings. The zero-order chi connectivity index (χ0) is 11.3. The first-order chi connectivity index (χ1) is 7.09. The Bertz CT molecular complexity index is 432. The second kappa shape index (κ2) is 5.32. The molecule has 1 aromatic rings. The molecule has 3 nitrogen and oxygen atoms in total. The third-order valence-electron chi connectivity index (χ3n) is 1.61.